The summed E-state index contributed by atoms with van der Waals surface area (Å²) in [4.78, 5) is 4.56. The zero-order chi connectivity index (χ0) is 11.1. The van der Waals surface area contributed by atoms with Crippen molar-refractivity contribution in [2.45, 2.75) is 32.1 Å². The van der Waals surface area contributed by atoms with E-state index in [0.717, 1.165) is 23.0 Å². The van der Waals surface area contributed by atoms with Crippen LogP contribution in [-0.4, -0.2) is 10.1 Å². The second-order valence-electron chi connectivity index (χ2n) is 4.55. The highest BCUT2D eigenvalue weighted by molar-refractivity contribution is 5.81. The minimum atomic E-state index is 0.364. The molecule has 0 unspecified atom stereocenters. The third kappa shape index (κ3) is 1.54. The van der Waals surface area contributed by atoms with Crippen LogP contribution >= 0.6 is 0 Å². The Hall–Kier alpha value is -1.57. The SMILES string of the molecule is CCc1ccc2nc(C3CC3)c(O)cc2c1. The van der Waals surface area contributed by atoms with Crippen molar-refractivity contribution in [2.75, 3.05) is 0 Å². The van der Waals surface area contributed by atoms with Crippen LogP contribution in [0.3, 0.4) is 0 Å². The lowest BCUT2D eigenvalue weighted by molar-refractivity contribution is 0.465. The van der Waals surface area contributed by atoms with Crippen LogP contribution in [0, 0.1) is 0 Å². The largest absolute Gasteiger partial charge is 0.506 e. The fourth-order valence-electron chi connectivity index (χ4n) is 2.11. The predicted octanol–water partition coefficient (Wildman–Crippen LogP) is 3.38. The van der Waals surface area contributed by atoms with Crippen LogP contribution in [0.25, 0.3) is 10.9 Å². The molecule has 0 saturated heterocycles. The number of pyridine rings is 1. The molecule has 0 spiro atoms. The molecule has 2 heteroatoms. The fourth-order valence-corrected chi connectivity index (χ4v) is 2.11. The maximum absolute atomic E-state index is 9.92. The van der Waals surface area contributed by atoms with Gasteiger partial charge in [0.2, 0.25) is 0 Å². The van der Waals surface area contributed by atoms with E-state index in [1.807, 2.05) is 6.07 Å². The van der Waals surface area contributed by atoms with E-state index in [2.05, 4.69) is 30.1 Å². The number of benzene rings is 1. The summed E-state index contributed by atoms with van der Waals surface area (Å²) in [6.07, 6.45) is 3.35. The second-order valence-corrected chi connectivity index (χ2v) is 4.55. The van der Waals surface area contributed by atoms with Crippen molar-refractivity contribution in [1.29, 1.82) is 0 Å². The third-order valence-electron chi connectivity index (χ3n) is 3.26. The average molecular weight is 213 g/mol. The maximum Gasteiger partial charge on any atom is 0.138 e. The molecule has 1 N–H and O–H groups in total. The van der Waals surface area contributed by atoms with Gasteiger partial charge in [-0.15, -0.1) is 0 Å². The number of aromatic nitrogens is 1. The summed E-state index contributed by atoms with van der Waals surface area (Å²) in [7, 11) is 0. The normalized spacial score (nSPS) is 15.6. The van der Waals surface area contributed by atoms with Gasteiger partial charge in [-0.25, -0.2) is 4.98 Å². The molecule has 16 heavy (non-hydrogen) atoms. The first kappa shape index (κ1) is 9.64. The van der Waals surface area contributed by atoms with Crippen molar-refractivity contribution < 1.29 is 5.11 Å². The number of rotatable bonds is 2. The molecule has 1 saturated carbocycles. The topological polar surface area (TPSA) is 33.1 Å². The molecule has 1 heterocycles. The molecule has 3 rings (SSSR count). The fraction of sp³-hybridized carbons (Fsp3) is 0.357. The van der Waals surface area contributed by atoms with Crippen molar-refractivity contribution in [3.8, 4) is 5.75 Å². The minimum absolute atomic E-state index is 0.364. The van der Waals surface area contributed by atoms with Crippen molar-refractivity contribution in [1.82, 2.24) is 4.98 Å². The van der Waals surface area contributed by atoms with E-state index in [9.17, 15) is 5.11 Å². The van der Waals surface area contributed by atoms with Gasteiger partial charge in [0.15, 0.2) is 0 Å². The average Bonchev–Trinajstić information content (AvgIpc) is 3.11. The van der Waals surface area contributed by atoms with Gasteiger partial charge in [0.1, 0.15) is 5.75 Å². The standard InChI is InChI=1S/C14H15NO/c1-2-9-3-6-12-11(7-9)8-13(16)14(15-12)10-4-5-10/h3,6-8,10,16H,2,4-5H2,1H3. The highest BCUT2D eigenvalue weighted by atomic mass is 16.3. The van der Waals surface area contributed by atoms with Crippen LogP contribution in [0.15, 0.2) is 24.3 Å². The number of nitrogens with zero attached hydrogens (tertiary/aromatic N) is 1. The molecular weight excluding hydrogens is 198 g/mol. The van der Waals surface area contributed by atoms with Gasteiger partial charge in [-0.05, 0) is 43.0 Å². The molecule has 1 fully saturated rings. The highest BCUT2D eigenvalue weighted by Crippen LogP contribution is 2.43. The summed E-state index contributed by atoms with van der Waals surface area (Å²) >= 11 is 0. The van der Waals surface area contributed by atoms with Gasteiger partial charge < -0.3 is 5.11 Å². The van der Waals surface area contributed by atoms with Crippen LogP contribution in [-0.2, 0) is 6.42 Å². The van der Waals surface area contributed by atoms with E-state index in [4.69, 9.17) is 0 Å². The molecule has 0 bridgehead atoms. The highest BCUT2D eigenvalue weighted by Gasteiger charge is 2.28. The summed E-state index contributed by atoms with van der Waals surface area (Å²) < 4.78 is 0. The molecule has 1 aromatic carbocycles. The van der Waals surface area contributed by atoms with Crippen LogP contribution < -0.4 is 0 Å². The van der Waals surface area contributed by atoms with E-state index in [1.165, 1.54) is 18.4 Å². The molecule has 82 valence electrons. The molecule has 0 aliphatic heterocycles. The van der Waals surface area contributed by atoms with E-state index in [-0.39, 0.29) is 0 Å². The molecule has 2 nitrogen and oxygen atoms in total. The Balaban J connectivity index is 2.18. The van der Waals surface area contributed by atoms with Crippen LogP contribution in [0.4, 0.5) is 0 Å². The smallest absolute Gasteiger partial charge is 0.138 e. The van der Waals surface area contributed by atoms with E-state index in [0.29, 0.717) is 11.7 Å². The predicted molar refractivity (Wildman–Crippen MR) is 64.8 cm³/mol. The number of aromatic hydroxyl groups is 1. The maximum atomic E-state index is 9.92. The number of fused-ring (bicyclic) bond motifs is 1. The first-order chi connectivity index (χ1) is 7.78. The zero-order valence-corrected chi connectivity index (χ0v) is 9.40. The Labute approximate surface area is 94.9 Å². The number of hydrogen-bond acceptors (Lipinski definition) is 2. The van der Waals surface area contributed by atoms with Gasteiger partial charge >= 0.3 is 0 Å². The second kappa shape index (κ2) is 3.48. The number of hydrogen-bond donors (Lipinski definition) is 1. The Morgan fingerprint density at radius 3 is 2.81 bits per heavy atom. The van der Waals surface area contributed by atoms with E-state index in [1.54, 1.807) is 0 Å². The third-order valence-corrected chi connectivity index (χ3v) is 3.26. The molecule has 0 amide bonds. The van der Waals surface area contributed by atoms with Gasteiger partial charge in [0.25, 0.3) is 0 Å². The first-order valence-electron chi connectivity index (χ1n) is 5.90. The first-order valence-corrected chi connectivity index (χ1v) is 5.90. The lowest BCUT2D eigenvalue weighted by atomic mass is 10.1. The Morgan fingerprint density at radius 2 is 2.12 bits per heavy atom. The van der Waals surface area contributed by atoms with Gasteiger partial charge in [-0.2, -0.15) is 0 Å². The Morgan fingerprint density at radius 1 is 1.31 bits per heavy atom. The van der Waals surface area contributed by atoms with E-state index < -0.39 is 0 Å². The lowest BCUT2D eigenvalue weighted by Crippen LogP contribution is -1.90. The van der Waals surface area contributed by atoms with Crippen molar-refractivity contribution in [3.05, 3.63) is 35.5 Å². The van der Waals surface area contributed by atoms with Crippen molar-refractivity contribution >= 4 is 10.9 Å². The molecule has 1 aromatic heterocycles. The van der Waals surface area contributed by atoms with Gasteiger partial charge in [0, 0.05) is 11.3 Å². The van der Waals surface area contributed by atoms with Gasteiger partial charge in [0.05, 0.1) is 11.2 Å². The summed E-state index contributed by atoms with van der Waals surface area (Å²) in [5, 5.41) is 11.0. The summed E-state index contributed by atoms with van der Waals surface area (Å²) in [6.45, 7) is 2.13. The summed E-state index contributed by atoms with van der Waals surface area (Å²) in [5.74, 6) is 0.860. The molecule has 1 aliphatic rings. The van der Waals surface area contributed by atoms with Gasteiger partial charge in [-0.3, -0.25) is 0 Å². The zero-order valence-electron chi connectivity index (χ0n) is 9.40. The van der Waals surface area contributed by atoms with Crippen LogP contribution in [0.2, 0.25) is 0 Å². The minimum Gasteiger partial charge on any atom is -0.506 e. The Kier molecular flexibility index (Phi) is 2.10. The summed E-state index contributed by atoms with van der Waals surface area (Å²) in [6, 6.07) is 8.14. The molecule has 2 aromatic rings. The Bertz CT molecular complexity index is 544. The monoisotopic (exact) mass is 213 g/mol. The van der Waals surface area contributed by atoms with Crippen LogP contribution in [0.1, 0.15) is 36.9 Å². The quantitative estimate of drug-likeness (QED) is 0.829. The van der Waals surface area contributed by atoms with Gasteiger partial charge in [-0.1, -0.05) is 13.0 Å². The molecule has 0 radical (unpaired) electrons. The lowest BCUT2D eigenvalue weighted by Gasteiger charge is -2.06. The molecule has 1 aliphatic carbocycles. The van der Waals surface area contributed by atoms with Crippen molar-refractivity contribution in [2.24, 2.45) is 0 Å². The van der Waals surface area contributed by atoms with Crippen molar-refractivity contribution in [3.63, 3.8) is 0 Å². The summed E-state index contributed by atoms with van der Waals surface area (Å²) in [5.41, 5.74) is 3.17. The molecular formula is C14H15NO. The molecule has 0 atom stereocenters. The van der Waals surface area contributed by atoms with E-state index >= 15 is 0 Å². The number of aryl methyl sites for hydroxylation is 1. The van der Waals surface area contributed by atoms with Crippen LogP contribution in [0.5, 0.6) is 5.75 Å².